The smallest absolute Gasteiger partial charge is 0.254 e. The summed E-state index contributed by atoms with van der Waals surface area (Å²) in [6.07, 6.45) is 1.50. The van der Waals surface area contributed by atoms with E-state index in [1.807, 2.05) is 24.3 Å². The van der Waals surface area contributed by atoms with E-state index >= 15 is 0 Å². The lowest BCUT2D eigenvalue weighted by Gasteiger charge is -2.35. The number of hydrogen-bond donors (Lipinski definition) is 4. The Morgan fingerprint density at radius 3 is 2.57 bits per heavy atom. The first kappa shape index (κ1) is 20.8. The van der Waals surface area contributed by atoms with Crippen LogP contribution in [0.5, 0.6) is 11.5 Å². The molecule has 4 rings (SSSR count). The summed E-state index contributed by atoms with van der Waals surface area (Å²) in [5.74, 6) is 0.681. The predicted molar refractivity (Wildman–Crippen MR) is 112 cm³/mol. The van der Waals surface area contributed by atoms with E-state index in [-0.39, 0.29) is 11.6 Å². The summed E-state index contributed by atoms with van der Waals surface area (Å²) in [5.41, 5.74) is 6.57. The lowest BCUT2D eigenvalue weighted by molar-refractivity contribution is 0.0460. The van der Waals surface area contributed by atoms with Crippen LogP contribution in [0.3, 0.4) is 0 Å². The number of rotatable bonds is 6. The molecule has 6 nitrogen and oxygen atoms in total. The van der Waals surface area contributed by atoms with Crippen molar-refractivity contribution in [1.82, 2.24) is 10.6 Å². The number of aliphatic hydroxyl groups excluding tert-OH is 1. The summed E-state index contributed by atoms with van der Waals surface area (Å²) in [5, 5.41) is 16.6. The first-order valence-corrected chi connectivity index (χ1v) is 10.5. The average molecular weight is 413 g/mol. The molecular formula is C23H28FN3O3. The maximum absolute atomic E-state index is 14.4. The van der Waals surface area contributed by atoms with Gasteiger partial charge in [0, 0.05) is 0 Å². The number of nitrogens with one attached hydrogen (secondary N) is 2. The van der Waals surface area contributed by atoms with Crippen molar-refractivity contribution in [2.24, 2.45) is 17.6 Å². The molecule has 0 aromatic heterocycles. The Hall–Kier alpha value is -2.48. The van der Waals surface area contributed by atoms with Crippen LogP contribution in [0.15, 0.2) is 42.5 Å². The molecule has 1 aliphatic carbocycles. The number of nitrogens with two attached hydrogens (primary N) is 1. The van der Waals surface area contributed by atoms with Crippen LogP contribution in [0.25, 0.3) is 0 Å². The minimum Gasteiger partial charge on any atom is -0.457 e. The van der Waals surface area contributed by atoms with Crippen molar-refractivity contribution >= 4 is 5.91 Å². The summed E-state index contributed by atoms with van der Waals surface area (Å²) < 4.78 is 20.2. The SMILES string of the molecule is NCCc1ccc(Oc2ccc(F)c(C(=O)N[C@H]3C[C@H]4CNC[C@H]4C[C@@H]3O)c2)cc1. The lowest BCUT2D eigenvalue weighted by Crippen LogP contribution is -2.49. The molecule has 1 aliphatic heterocycles. The summed E-state index contributed by atoms with van der Waals surface area (Å²) in [6, 6.07) is 11.2. The second-order valence-electron chi connectivity index (χ2n) is 8.22. The highest BCUT2D eigenvalue weighted by Gasteiger charge is 2.39. The van der Waals surface area contributed by atoms with Gasteiger partial charge in [-0.15, -0.1) is 0 Å². The molecule has 7 heteroatoms. The van der Waals surface area contributed by atoms with Crippen LogP contribution in [0, 0.1) is 17.7 Å². The molecule has 0 radical (unpaired) electrons. The lowest BCUT2D eigenvalue weighted by atomic mass is 9.77. The molecule has 1 saturated heterocycles. The van der Waals surface area contributed by atoms with Gasteiger partial charge >= 0.3 is 0 Å². The van der Waals surface area contributed by atoms with Crippen LogP contribution in [0.2, 0.25) is 0 Å². The van der Waals surface area contributed by atoms with Gasteiger partial charge in [-0.25, -0.2) is 4.39 Å². The summed E-state index contributed by atoms with van der Waals surface area (Å²) in [7, 11) is 0. The van der Waals surface area contributed by atoms with Crippen molar-refractivity contribution in [1.29, 1.82) is 0 Å². The molecule has 2 aliphatic rings. The predicted octanol–water partition coefficient (Wildman–Crippen LogP) is 2.21. The molecule has 1 amide bonds. The van der Waals surface area contributed by atoms with Gasteiger partial charge in [0.05, 0.1) is 17.7 Å². The van der Waals surface area contributed by atoms with Crippen LogP contribution in [0.4, 0.5) is 4.39 Å². The topological polar surface area (TPSA) is 96.6 Å². The molecule has 4 atom stereocenters. The summed E-state index contributed by atoms with van der Waals surface area (Å²) in [4.78, 5) is 12.7. The molecule has 1 heterocycles. The van der Waals surface area contributed by atoms with Crippen LogP contribution in [-0.2, 0) is 6.42 Å². The number of hydrogen-bond acceptors (Lipinski definition) is 5. The molecule has 1 saturated carbocycles. The highest BCUT2D eigenvalue weighted by Crippen LogP contribution is 2.33. The van der Waals surface area contributed by atoms with E-state index < -0.39 is 17.8 Å². The number of benzene rings is 2. The summed E-state index contributed by atoms with van der Waals surface area (Å²) in [6.45, 7) is 2.37. The van der Waals surface area contributed by atoms with Crippen LogP contribution < -0.4 is 21.1 Å². The van der Waals surface area contributed by atoms with E-state index in [9.17, 15) is 14.3 Å². The monoisotopic (exact) mass is 413 g/mol. The number of halogens is 1. The Bertz CT molecular complexity index is 890. The zero-order valence-corrected chi connectivity index (χ0v) is 16.8. The molecule has 2 aromatic carbocycles. The van der Waals surface area contributed by atoms with Crippen molar-refractivity contribution < 1.29 is 19.0 Å². The quantitative estimate of drug-likeness (QED) is 0.582. The van der Waals surface area contributed by atoms with Crippen molar-refractivity contribution in [2.45, 2.75) is 31.4 Å². The van der Waals surface area contributed by atoms with Gasteiger partial charge in [0.25, 0.3) is 5.91 Å². The second kappa shape index (κ2) is 9.12. The maximum atomic E-state index is 14.4. The van der Waals surface area contributed by atoms with E-state index in [1.54, 1.807) is 0 Å². The average Bonchev–Trinajstić information content (AvgIpc) is 3.18. The Kier molecular flexibility index (Phi) is 6.32. The van der Waals surface area contributed by atoms with E-state index in [4.69, 9.17) is 10.5 Å². The maximum Gasteiger partial charge on any atom is 0.254 e. The van der Waals surface area contributed by atoms with Gasteiger partial charge in [0.2, 0.25) is 0 Å². The molecule has 160 valence electrons. The number of carbonyl (C=O) groups is 1. The Morgan fingerprint density at radius 2 is 1.83 bits per heavy atom. The Balaban J connectivity index is 1.44. The largest absolute Gasteiger partial charge is 0.457 e. The first-order valence-electron chi connectivity index (χ1n) is 10.5. The second-order valence-corrected chi connectivity index (χ2v) is 8.22. The molecular weight excluding hydrogens is 385 g/mol. The fourth-order valence-electron chi connectivity index (χ4n) is 4.47. The number of carbonyl (C=O) groups excluding carboxylic acids is 1. The zero-order valence-electron chi connectivity index (χ0n) is 16.8. The van der Waals surface area contributed by atoms with Crippen molar-refractivity contribution in [3.63, 3.8) is 0 Å². The fraction of sp³-hybridized carbons (Fsp3) is 0.435. The highest BCUT2D eigenvalue weighted by atomic mass is 19.1. The summed E-state index contributed by atoms with van der Waals surface area (Å²) >= 11 is 0. The van der Waals surface area contributed by atoms with Crippen LogP contribution >= 0.6 is 0 Å². The normalized spacial score (nSPS) is 25.6. The Morgan fingerprint density at radius 1 is 1.13 bits per heavy atom. The van der Waals surface area contributed by atoms with Crippen LogP contribution in [-0.4, -0.2) is 42.8 Å². The minimum absolute atomic E-state index is 0.0916. The number of ether oxygens (including phenoxy) is 1. The molecule has 2 fully saturated rings. The van der Waals surface area contributed by atoms with Gasteiger partial charge < -0.3 is 26.2 Å². The first-order chi connectivity index (χ1) is 14.5. The van der Waals surface area contributed by atoms with E-state index in [0.29, 0.717) is 42.7 Å². The zero-order chi connectivity index (χ0) is 21.1. The molecule has 30 heavy (non-hydrogen) atoms. The van der Waals surface area contributed by atoms with Crippen molar-refractivity contribution in [3.8, 4) is 11.5 Å². The third-order valence-corrected chi connectivity index (χ3v) is 6.14. The Labute approximate surface area is 175 Å². The molecule has 0 bridgehead atoms. The molecule has 0 spiro atoms. The van der Waals surface area contributed by atoms with Crippen LogP contribution in [0.1, 0.15) is 28.8 Å². The fourth-order valence-corrected chi connectivity index (χ4v) is 4.47. The highest BCUT2D eigenvalue weighted by molar-refractivity contribution is 5.95. The number of aliphatic hydroxyl groups is 1. The third kappa shape index (κ3) is 4.64. The van der Waals surface area contributed by atoms with Crippen molar-refractivity contribution in [3.05, 3.63) is 59.4 Å². The van der Waals surface area contributed by atoms with Gasteiger partial charge in [-0.1, -0.05) is 12.1 Å². The van der Waals surface area contributed by atoms with Crippen molar-refractivity contribution in [2.75, 3.05) is 19.6 Å². The standard InChI is InChI=1S/C23H28FN3O3/c24-20-6-5-18(30-17-3-1-14(2-4-17)7-8-25)11-19(20)23(29)27-21-9-15-12-26-13-16(15)10-22(21)28/h1-6,11,15-16,21-22,26,28H,7-10,12-13,25H2,(H,27,29)/t15-,16+,21-,22-/m0/s1. The van der Waals surface area contributed by atoms with E-state index in [0.717, 1.165) is 25.1 Å². The van der Waals surface area contributed by atoms with Gasteiger partial charge in [-0.2, -0.15) is 0 Å². The third-order valence-electron chi connectivity index (χ3n) is 6.14. The number of amides is 1. The van der Waals surface area contributed by atoms with Gasteiger partial charge in [0.15, 0.2) is 0 Å². The van der Waals surface area contributed by atoms with Gasteiger partial charge in [-0.05, 0) is 86.6 Å². The van der Waals surface area contributed by atoms with E-state index in [2.05, 4.69) is 10.6 Å². The minimum atomic E-state index is -0.621. The van der Waals surface area contributed by atoms with Gasteiger partial charge in [0.1, 0.15) is 17.3 Å². The molecule has 0 unspecified atom stereocenters. The molecule has 2 aromatic rings. The molecule has 5 N–H and O–H groups in total. The van der Waals surface area contributed by atoms with Gasteiger partial charge in [-0.3, -0.25) is 4.79 Å². The number of fused-ring (bicyclic) bond motifs is 1. The van der Waals surface area contributed by atoms with E-state index in [1.165, 1.54) is 18.2 Å².